The Kier molecular flexibility index (Phi) is 4.91. The molecular weight excluding hydrogens is 351 g/mol. The molecule has 122 valence electrons. The molecule has 0 aromatic heterocycles. The highest BCUT2D eigenvalue weighted by molar-refractivity contribution is 7.90. The maximum absolute atomic E-state index is 12.7. The van der Waals surface area contributed by atoms with Gasteiger partial charge in [0.25, 0.3) is 0 Å². The standard InChI is InChI=1S/C13H16Cl2N2O4S/c1-8-3-10(14)13(11(15)4-8)17-6-9(2)5-16(7-12(18)19)22(17,20)21/h3-4,9H,5-7H2,1-2H3,(H,18,19)/t9-/m1/s1. The van der Waals surface area contributed by atoms with Crippen molar-refractivity contribution in [3.05, 3.63) is 27.7 Å². The van der Waals surface area contributed by atoms with E-state index in [0.29, 0.717) is 0 Å². The maximum atomic E-state index is 12.7. The third-order valence-corrected chi connectivity index (χ3v) is 5.72. The molecule has 22 heavy (non-hydrogen) atoms. The summed E-state index contributed by atoms with van der Waals surface area (Å²) in [6, 6.07) is 3.25. The summed E-state index contributed by atoms with van der Waals surface area (Å²) in [5.74, 6) is -1.27. The second kappa shape index (κ2) is 6.23. The molecule has 1 N–H and O–H groups in total. The van der Waals surface area contributed by atoms with E-state index in [-0.39, 0.29) is 34.7 Å². The van der Waals surface area contributed by atoms with E-state index in [0.717, 1.165) is 14.2 Å². The van der Waals surface area contributed by atoms with Gasteiger partial charge in [0.15, 0.2) is 0 Å². The zero-order chi connectivity index (χ0) is 16.7. The lowest BCUT2D eigenvalue weighted by Crippen LogP contribution is -2.54. The molecule has 0 unspecified atom stereocenters. The molecule has 1 aliphatic rings. The van der Waals surface area contributed by atoms with Gasteiger partial charge in [0, 0.05) is 13.1 Å². The van der Waals surface area contributed by atoms with Crippen LogP contribution in [0.1, 0.15) is 12.5 Å². The van der Waals surface area contributed by atoms with Gasteiger partial charge in [-0.3, -0.25) is 9.10 Å². The van der Waals surface area contributed by atoms with Crippen LogP contribution in [-0.4, -0.2) is 43.4 Å². The van der Waals surface area contributed by atoms with Gasteiger partial charge in [-0.05, 0) is 30.5 Å². The number of nitrogens with zero attached hydrogens (tertiary/aromatic N) is 2. The minimum Gasteiger partial charge on any atom is -0.480 e. The number of carboxylic acids is 1. The maximum Gasteiger partial charge on any atom is 0.318 e. The van der Waals surface area contributed by atoms with Crippen molar-refractivity contribution in [1.29, 1.82) is 0 Å². The predicted octanol–water partition coefficient (Wildman–Crippen LogP) is 2.39. The van der Waals surface area contributed by atoms with Crippen molar-refractivity contribution in [1.82, 2.24) is 4.31 Å². The number of benzene rings is 1. The molecule has 9 heteroatoms. The first-order chi connectivity index (χ1) is 10.1. The van der Waals surface area contributed by atoms with Gasteiger partial charge in [-0.25, -0.2) is 0 Å². The van der Waals surface area contributed by atoms with E-state index >= 15 is 0 Å². The number of hydrogen-bond acceptors (Lipinski definition) is 3. The summed E-state index contributed by atoms with van der Waals surface area (Å²) >= 11 is 12.3. The topological polar surface area (TPSA) is 77.9 Å². The number of halogens is 2. The molecule has 1 atom stereocenters. The smallest absolute Gasteiger partial charge is 0.318 e. The molecule has 0 spiro atoms. The van der Waals surface area contributed by atoms with E-state index in [1.165, 1.54) is 0 Å². The lowest BCUT2D eigenvalue weighted by Gasteiger charge is -2.39. The van der Waals surface area contributed by atoms with E-state index in [2.05, 4.69) is 0 Å². The number of anilines is 1. The van der Waals surface area contributed by atoms with E-state index in [1.54, 1.807) is 19.1 Å². The Morgan fingerprint density at radius 1 is 1.32 bits per heavy atom. The summed E-state index contributed by atoms with van der Waals surface area (Å²) in [5, 5.41) is 9.35. The van der Waals surface area contributed by atoms with Gasteiger partial charge in [0.1, 0.15) is 6.54 Å². The van der Waals surface area contributed by atoms with Gasteiger partial charge >= 0.3 is 16.2 Å². The molecule has 1 fully saturated rings. The molecule has 1 aromatic carbocycles. The van der Waals surface area contributed by atoms with Crippen LogP contribution < -0.4 is 4.31 Å². The van der Waals surface area contributed by atoms with Crippen molar-refractivity contribution < 1.29 is 18.3 Å². The van der Waals surface area contributed by atoms with Gasteiger partial charge in [-0.2, -0.15) is 12.7 Å². The summed E-state index contributed by atoms with van der Waals surface area (Å²) in [4.78, 5) is 10.9. The van der Waals surface area contributed by atoms with Crippen molar-refractivity contribution >= 4 is 45.1 Å². The summed E-state index contributed by atoms with van der Waals surface area (Å²) in [6.45, 7) is 3.38. The molecule has 1 heterocycles. The Morgan fingerprint density at radius 2 is 1.86 bits per heavy atom. The number of carboxylic acid groups (broad SMARTS) is 1. The van der Waals surface area contributed by atoms with E-state index < -0.39 is 22.7 Å². The van der Waals surface area contributed by atoms with E-state index in [1.807, 2.05) is 6.92 Å². The van der Waals surface area contributed by atoms with Gasteiger partial charge in [0.2, 0.25) is 0 Å². The normalized spacial score (nSPS) is 21.8. The van der Waals surface area contributed by atoms with Crippen LogP contribution in [-0.2, 0) is 15.0 Å². The van der Waals surface area contributed by atoms with Crippen molar-refractivity contribution in [2.45, 2.75) is 13.8 Å². The largest absolute Gasteiger partial charge is 0.480 e. The molecule has 0 bridgehead atoms. The van der Waals surface area contributed by atoms with Crippen LogP contribution in [0.15, 0.2) is 12.1 Å². The minimum absolute atomic E-state index is 0.0590. The monoisotopic (exact) mass is 366 g/mol. The fourth-order valence-electron chi connectivity index (χ4n) is 2.45. The number of carbonyl (C=O) groups is 1. The zero-order valence-corrected chi connectivity index (χ0v) is 14.4. The molecule has 1 aliphatic heterocycles. The minimum atomic E-state index is -3.99. The van der Waals surface area contributed by atoms with Crippen LogP contribution in [0.3, 0.4) is 0 Å². The molecule has 2 rings (SSSR count). The van der Waals surface area contributed by atoms with E-state index in [9.17, 15) is 13.2 Å². The van der Waals surface area contributed by atoms with Crippen molar-refractivity contribution in [3.63, 3.8) is 0 Å². The Hall–Kier alpha value is -1.02. The Balaban J connectivity index is 2.52. The lowest BCUT2D eigenvalue weighted by atomic mass is 10.1. The average molecular weight is 367 g/mol. The summed E-state index contributed by atoms with van der Waals surface area (Å²) in [7, 11) is -3.99. The molecule has 1 aromatic rings. The molecule has 0 amide bonds. The summed E-state index contributed by atoms with van der Waals surface area (Å²) < 4.78 is 27.3. The summed E-state index contributed by atoms with van der Waals surface area (Å²) in [5.41, 5.74) is 1.000. The van der Waals surface area contributed by atoms with Gasteiger partial charge < -0.3 is 5.11 Å². The molecule has 6 nitrogen and oxygen atoms in total. The van der Waals surface area contributed by atoms with Crippen molar-refractivity contribution in [2.24, 2.45) is 5.92 Å². The highest BCUT2D eigenvalue weighted by Crippen LogP contribution is 2.39. The van der Waals surface area contributed by atoms with Crippen LogP contribution in [0.25, 0.3) is 0 Å². The first-order valence-corrected chi connectivity index (χ1v) is 8.73. The number of aryl methyl sites for hydroxylation is 1. The van der Waals surface area contributed by atoms with Crippen LogP contribution in [0.4, 0.5) is 5.69 Å². The number of aliphatic carboxylic acids is 1. The van der Waals surface area contributed by atoms with Gasteiger partial charge in [0.05, 0.1) is 15.7 Å². The highest BCUT2D eigenvalue weighted by atomic mass is 35.5. The number of rotatable bonds is 3. The van der Waals surface area contributed by atoms with Crippen molar-refractivity contribution in [2.75, 3.05) is 23.9 Å². The molecular formula is C13H16Cl2N2O4S. The average Bonchev–Trinajstić information content (AvgIpc) is 2.33. The second-order valence-electron chi connectivity index (χ2n) is 5.41. The van der Waals surface area contributed by atoms with Crippen LogP contribution in [0, 0.1) is 12.8 Å². The highest BCUT2D eigenvalue weighted by Gasteiger charge is 2.39. The predicted molar refractivity (Wildman–Crippen MR) is 85.8 cm³/mol. The first-order valence-electron chi connectivity index (χ1n) is 6.58. The Bertz CT molecular complexity index is 685. The van der Waals surface area contributed by atoms with Crippen LogP contribution in [0.2, 0.25) is 10.0 Å². The molecule has 1 saturated heterocycles. The second-order valence-corrected chi connectivity index (χ2v) is 8.07. The lowest BCUT2D eigenvalue weighted by molar-refractivity contribution is -0.137. The fraction of sp³-hybridized carbons (Fsp3) is 0.462. The van der Waals surface area contributed by atoms with Crippen molar-refractivity contribution in [3.8, 4) is 0 Å². The van der Waals surface area contributed by atoms with Crippen LogP contribution in [0.5, 0.6) is 0 Å². The SMILES string of the molecule is Cc1cc(Cl)c(N2C[C@H](C)CN(CC(=O)O)S2(=O)=O)c(Cl)c1. The molecule has 0 aliphatic carbocycles. The fourth-order valence-corrected chi connectivity index (χ4v) is 5.22. The molecule has 0 radical (unpaired) electrons. The van der Waals surface area contributed by atoms with E-state index in [4.69, 9.17) is 28.3 Å². The Morgan fingerprint density at radius 3 is 2.36 bits per heavy atom. The number of hydrogen-bond donors (Lipinski definition) is 1. The third-order valence-electron chi connectivity index (χ3n) is 3.32. The molecule has 0 saturated carbocycles. The Labute approximate surface area is 139 Å². The first kappa shape index (κ1) is 17.3. The van der Waals surface area contributed by atoms with Gasteiger partial charge in [-0.15, -0.1) is 0 Å². The van der Waals surface area contributed by atoms with Crippen LogP contribution >= 0.6 is 23.2 Å². The van der Waals surface area contributed by atoms with Gasteiger partial charge in [-0.1, -0.05) is 30.1 Å². The quantitative estimate of drug-likeness (QED) is 0.890. The summed E-state index contributed by atoms with van der Waals surface area (Å²) in [6.07, 6.45) is 0. The zero-order valence-electron chi connectivity index (χ0n) is 12.1. The third kappa shape index (κ3) is 3.32.